The Bertz CT molecular complexity index is 598. The number of rotatable bonds is 3. The molecule has 2 rings (SSSR count). The van der Waals surface area contributed by atoms with Crippen molar-refractivity contribution < 1.29 is 19.6 Å². The highest BCUT2D eigenvalue weighted by Gasteiger charge is 2.26. The zero-order valence-electron chi connectivity index (χ0n) is 9.44. The summed E-state index contributed by atoms with van der Waals surface area (Å²) in [6.45, 7) is -0.231. The fraction of sp³-hybridized carbons (Fsp3) is 0.100. The van der Waals surface area contributed by atoms with E-state index in [1.807, 2.05) is 5.32 Å². The highest BCUT2D eigenvalue weighted by molar-refractivity contribution is 6.02. The van der Waals surface area contributed by atoms with Crippen molar-refractivity contribution in [3.05, 3.63) is 33.9 Å². The molecule has 2 N–H and O–H groups in total. The van der Waals surface area contributed by atoms with E-state index in [4.69, 9.17) is 0 Å². The Balaban J connectivity index is 2.23. The maximum absolute atomic E-state index is 11.2. The normalized spacial score (nSPS) is 15.1. The molecule has 1 aliphatic rings. The van der Waals surface area contributed by atoms with Gasteiger partial charge in [-0.1, -0.05) is 0 Å². The third-order valence-electron chi connectivity index (χ3n) is 2.33. The lowest BCUT2D eigenvalue weighted by Crippen LogP contribution is -2.24. The average molecular weight is 264 g/mol. The number of phenolic OH excluding ortho intramolecular Hbond substituents is 1. The summed E-state index contributed by atoms with van der Waals surface area (Å²) in [5.74, 6) is -0.717. The highest BCUT2D eigenvalue weighted by Crippen LogP contribution is 2.21. The van der Waals surface area contributed by atoms with Gasteiger partial charge in [-0.2, -0.15) is 5.10 Å². The van der Waals surface area contributed by atoms with Gasteiger partial charge in [-0.25, -0.2) is 9.80 Å². The standard InChI is InChI=1S/C10H8N4O5/c15-8-2-1-7(14(18)19)3-6(8)4-11-13-5-9(16)12-10(13)17/h1-4,15H,5H2,(H,12,16,17)/b11-4-. The Morgan fingerprint density at radius 2 is 2.21 bits per heavy atom. The molecule has 3 amide bonds. The Hall–Kier alpha value is -2.97. The number of hydrogen-bond donors (Lipinski definition) is 2. The Morgan fingerprint density at radius 3 is 2.79 bits per heavy atom. The van der Waals surface area contributed by atoms with Gasteiger partial charge in [0, 0.05) is 17.7 Å². The Morgan fingerprint density at radius 1 is 1.47 bits per heavy atom. The van der Waals surface area contributed by atoms with Crippen LogP contribution in [0.2, 0.25) is 0 Å². The van der Waals surface area contributed by atoms with E-state index >= 15 is 0 Å². The second-order valence-electron chi connectivity index (χ2n) is 3.66. The van der Waals surface area contributed by atoms with Crippen LogP contribution >= 0.6 is 0 Å². The van der Waals surface area contributed by atoms with Gasteiger partial charge in [-0.15, -0.1) is 0 Å². The molecule has 9 nitrogen and oxygen atoms in total. The number of hydrazone groups is 1. The fourth-order valence-electron chi connectivity index (χ4n) is 1.42. The predicted molar refractivity (Wildman–Crippen MR) is 62.6 cm³/mol. The number of carbonyl (C=O) groups is 2. The molecule has 1 saturated heterocycles. The van der Waals surface area contributed by atoms with Crippen molar-refractivity contribution in [1.29, 1.82) is 0 Å². The van der Waals surface area contributed by atoms with Gasteiger partial charge < -0.3 is 5.11 Å². The molecule has 0 bridgehead atoms. The van der Waals surface area contributed by atoms with E-state index < -0.39 is 16.9 Å². The molecule has 0 aliphatic carbocycles. The molecule has 0 saturated carbocycles. The molecule has 0 radical (unpaired) electrons. The topological polar surface area (TPSA) is 125 Å². The largest absolute Gasteiger partial charge is 0.507 e. The quantitative estimate of drug-likeness (QED) is 0.349. The van der Waals surface area contributed by atoms with E-state index in [2.05, 4.69) is 5.10 Å². The Kier molecular flexibility index (Phi) is 3.10. The van der Waals surface area contributed by atoms with Gasteiger partial charge in [0.05, 0.1) is 11.1 Å². The number of nitrogens with one attached hydrogen (secondary N) is 1. The number of aromatic hydroxyl groups is 1. The third kappa shape index (κ3) is 2.65. The number of nitro benzene ring substituents is 1. The number of imide groups is 1. The SMILES string of the molecule is O=C1CN(/N=C\c2cc([N+](=O)[O-])ccc2O)C(=O)N1. The van der Waals surface area contributed by atoms with Crippen molar-refractivity contribution in [3.63, 3.8) is 0 Å². The van der Waals surface area contributed by atoms with Crippen molar-refractivity contribution in [2.24, 2.45) is 5.10 Å². The minimum Gasteiger partial charge on any atom is -0.507 e. The van der Waals surface area contributed by atoms with Crippen LogP contribution in [0.5, 0.6) is 5.75 Å². The molecular weight excluding hydrogens is 256 g/mol. The lowest BCUT2D eigenvalue weighted by atomic mass is 10.2. The molecule has 9 heteroatoms. The minimum atomic E-state index is -0.689. The molecule has 1 aromatic carbocycles. The second kappa shape index (κ2) is 4.72. The summed E-state index contributed by atoms with van der Waals surface area (Å²) in [6, 6.07) is 2.70. The number of hydrogen-bond acceptors (Lipinski definition) is 6. The van der Waals surface area contributed by atoms with Crippen LogP contribution < -0.4 is 5.32 Å². The zero-order chi connectivity index (χ0) is 14.0. The minimum absolute atomic E-state index is 0.0707. The molecule has 0 unspecified atom stereocenters. The molecule has 1 heterocycles. The number of urea groups is 1. The molecule has 0 spiro atoms. The summed E-state index contributed by atoms with van der Waals surface area (Å²) < 4.78 is 0. The molecule has 19 heavy (non-hydrogen) atoms. The van der Waals surface area contributed by atoms with E-state index in [9.17, 15) is 24.8 Å². The predicted octanol–water partition coefficient (Wildman–Crippen LogP) is 0.186. The first-order valence-corrected chi connectivity index (χ1v) is 5.10. The fourth-order valence-corrected chi connectivity index (χ4v) is 1.42. The number of amides is 3. The summed E-state index contributed by atoms with van der Waals surface area (Å²) in [5, 5.41) is 26.6. The lowest BCUT2D eigenvalue weighted by molar-refractivity contribution is -0.384. The van der Waals surface area contributed by atoms with Crippen molar-refractivity contribution in [2.45, 2.75) is 0 Å². The van der Waals surface area contributed by atoms with Crippen LogP contribution in [0.15, 0.2) is 23.3 Å². The van der Waals surface area contributed by atoms with E-state index in [-0.39, 0.29) is 23.5 Å². The van der Waals surface area contributed by atoms with Crippen molar-refractivity contribution in [2.75, 3.05) is 6.54 Å². The van der Waals surface area contributed by atoms with Gasteiger partial charge in [0.1, 0.15) is 12.3 Å². The van der Waals surface area contributed by atoms with E-state index in [0.29, 0.717) is 0 Å². The van der Waals surface area contributed by atoms with Crippen LogP contribution in [0.3, 0.4) is 0 Å². The molecule has 0 aromatic heterocycles. The summed E-state index contributed by atoms with van der Waals surface area (Å²) >= 11 is 0. The first kappa shape index (κ1) is 12.5. The van der Waals surface area contributed by atoms with Gasteiger partial charge in [0.15, 0.2) is 0 Å². The average Bonchev–Trinajstić information content (AvgIpc) is 2.66. The van der Waals surface area contributed by atoms with Crippen molar-refractivity contribution in [3.8, 4) is 5.75 Å². The number of carbonyl (C=O) groups excluding carboxylic acids is 2. The second-order valence-corrected chi connectivity index (χ2v) is 3.66. The maximum atomic E-state index is 11.2. The molecule has 1 aromatic rings. The zero-order valence-corrected chi connectivity index (χ0v) is 9.44. The third-order valence-corrected chi connectivity index (χ3v) is 2.33. The van der Waals surface area contributed by atoms with Crippen LogP contribution in [0.1, 0.15) is 5.56 Å². The number of nitrogens with zero attached hydrogens (tertiary/aromatic N) is 3. The van der Waals surface area contributed by atoms with Crippen LogP contribution in [-0.4, -0.2) is 39.7 Å². The molecule has 98 valence electrons. The maximum Gasteiger partial charge on any atom is 0.344 e. The number of non-ortho nitro benzene ring substituents is 1. The first-order chi connectivity index (χ1) is 8.97. The molecule has 0 atom stereocenters. The van der Waals surface area contributed by atoms with Crippen LogP contribution in [0, 0.1) is 10.1 Å². The van der Waals surface area contributed by atoms with Crippen LogP contribution in [0.25, 0.3) is 0 Å². The van der Waals surface area contributed by atoms with Crippen molar-refractivity contribution >= 4 is 23.8 Å². The summed E-state index contributed by atoms with van der Waals surface area (Å²) in [7, 11) is 0. The van der Waals surface area contributed by atoms with Gasteiger partial charge in [0.2, 0.25) is 5.91 Å². The first-order valence-electron chi connectivity index (χ1n) is 5.10. The summed E-state index contributed by atoms with van der Waals surface area (Å²) in [6.07, 6.45) is 1.07. The van der Waals surface area contributed by atoms with Crippen LogP contribution in [0.4, 0.5) is 10.5 Å². The molecular formula is C10H8N4O5. The molecule has 1 fully saturated rings. The highest BCUT2D eigenvalue weighted by atomic mass is 16.6. The lowest BCUT2D eigenvalue weighted by Gasteiger charge is -2.04. The van der Waals surface area contributed by atoms with E-state index in [0.717, 1.165) is 29.4 Å². The van der Waals surface area contributed by atoms with Crippen LogP contribution in [-0.2, 0) is 4.79 Å². The van der Waals surface area contributed by atoms with Gasteiger partial charge in [-0.3, -0.25) is 20.2 Å². The number of nitro groups is 1. The number of benzene rings is 1. The van der Waals surface area contributed by atoms with Gasteiger partial charge in [0.25, 0.3) is 5.69 Å². The summed E-state index contributed by atoms with van der Waals surface area (Å²) in [5.41, 5.74) is -0.150. The van der Waals surface area contributed by atoms with Crippen molar-refractivity contribution in [1.82, 2.24) is 10.3 Å². The van der Waals surface area contributed by atoms with E-state index in [1.54, 1.807) is 0 Å². The molecule has 1 aliphatic heterocycles. The summed E-state index contributed by atoms with van der Waals surface area (Å²) in [4.78, 5) is 32.0. The monoisotopic (exact) mass is 264 g/mol. The van der Waals surface area contributed by atoms with Gasteiger partial charge in [-0.05, 0) is 6.07 Å². The number of phenols is 1. The van der Waals surface area contributed by atoms with E-state index in [1.165, 1.54) is 0 Å². The Labute approximate surface area is 106 Å². The van der Waals surface area contributed by atoms with Gasteiger partial charge >= 0.3 is 6.03 Å². The smallest absolute Gasteiger partial charge is 0.344 e.